The van der Waals surface area contributed by atoms with Crippen molar-refractivity contribution in [3.05, 3.63) is 53.6 Å². The van der Waals surface area contributed by atoms with Crippen LogP contribution in [-0.2, 0) is 6.61 Å². The zero-order valence-electron chi connectivity index (χ0n) is 10.5. The first-order chi connectivity index (χ1) is 9.06. The number of hydrogen-bond acceptors (Lipinski definition) is 4. The molecule has 2 aromatic rings. The summed E-state index contributed by atoms with van der Waals surface area (Å²) in [7, 11) is 0. The number of Topliss-reactive ketones (excluding diaryl/α,β-unsaturated/α-hetero) is 1. The quantitative estimate of drug-likeness (QED) is 0.827. The number of carbonyl (C=O) groups excluding carboxylic acids is 1. The van der Waals surface area contributed by atoms with Gasteiger partial charge in [0, 0.05) is 6.07 Å². The van der Waals surface area contributed by atoms with Crippen LogP contribution in [0.3, 0.4) is 0 Å². The molecule has 2 N–H and O–H groups in total. The van der Waals surface area contributed by atoms with Crippen LogP contribution in [0.5, 0.6) is 17.2 Å². The summed E-state index contributed by atoms with van der Waals surface area (Å²) in [6.07, 6.45) is 0. The van der Waals surface area contributed by atoms with Gasteiger partial charge < -0.3 is 14.9 Å². The first-order valence-corrected chi connectivity index (χ1v) is 5.81. The minimum atomic E-state index is -0.197. The third-order valence-electron chi connectivity index (χ3n) is 2.66. The summed E-state index contributed by atoms with van der Waals surface area (Å²) in [6, 6.07) is 11.3. The van der Waals surface area contributed by atoms with Gasteiger partial charge in [-0.25, -0.2) is 0 Å². The van der Waals surface area contributed by atoms with Crippen molar-refractivity contribution in [2.24, 2.45) is 0 Å². The van der Waals surface area contributed by atoms with E-state index in [1.54, 1.807) is 24.3 Å². The minimum Gasteiger partial charge on any atom is -0.508 e. The van der Waals surface area contributed by atoms with Gasteiger partial charge in [-0.05, 0) is 36.8 Å². The van der Waals surface area contributed by atoms with Gasteiger partial charge >= 0.3 is 0 Å². The largest absolute Gasteiger partial charge is 0.508 e. The minimum absolute atomic E-state index is 0.0964. The van der Waals surface area contributed by atoms with E-state index in [1.807, 2.05) is 6.07 Å². The molecule has 0 spiro atoms. The van der Waals surface area contributed by atoms with Gasteiger partial charge in [-0.3, -0.25) is 4.79 Å². The summed E-state index contributed by atoms with van der Waals surface area (Å²) in [5.41, 5.74) is 1.08. The molecule has 2 rings (SSSR count). The molecule has 0 fully saturated rings. The SMILES string of the molecule is CC(=O)c1ccc(OCc2cccc(O)c2)cc1O. The molecule has 2 aromatic carbocycles. The van der Waals surface area contributed by atoms with E-state index in [1.165, 1.54) is 19.1 Å². The van der Waals surface area contributed by atoms with E-state index in [4.69, 9.17) is 4.74 Å². The van der Waals surface area contributed by atoms with E-state index >= 15 is 0 Å². The second-order valence-electron chi connectivity index (χ2n) is 4.19. The lowest BCUT2D eigenvalue weighted by atomic mass is 10.1. The van der Waals surface area contributed by atoms with E-state index in [0.29, 0.717) is 5.75 Å². The van der Waals surface area contributed by atoms with Crippen molar-refractivity contribution in [1.82, 2.24) is 0 Å². The molecule has 0 atom stereocenters. The molecular weight excluding hydrogens is 244 g/mol. The highest BCUT2D eigenvalue weighted by Crippen LogP contribution is 2.24. The Morgan fingerprint density at radius 3 is 2.58 bits per heavy atom. The van der Waals surface area contributed by atoms with E-state index in [0.717, 1.165) is 5.56 Å². The van der Waals surface area contributed by atoms with Crippen molar-refractivity contribution in [1.29, 1.82) is 0 Å². The standard InChI is InChI=1S/C15H14O4/c1-10(16)14-6-5-13(8-15(14)18)19-9-11-3-2-4-12(17)7-11/h2-8,17-18H,9H2,1H3. The van der Waals surface area contributed by atoms with Crippen LogP contribution >= 0.6 is 0 Å². The molecule has 0 radical (unpaired) electrons. The molecule has 0 heterocycles. The third kappa shape index (κ3) is 3.25. The predicted molar refractivity (Wildman–Crippen MR) is 70.6 cm³/mol. The van der Waals surface area contributed by atoms with Gasteiger partial charge in [-0.2, -0.15) is 0 Å². The number of ketones is 1. The van der Waals surface area contributed by atoms with E-state index < -0.39 is 0 Å². The molecular formula is C15H14O4. The number of ether oxygens (including phenoxy) is 1. The molecule has 0 bridgehead atoms. The average Bonchev–Trinajstić information content (AvgIpc) is 2.36. The molecule has 0 aromatic heterocycles. The number of aromatic hydroxyl groups is 2. The van der Waals surface area contributed by atoms with Gasteiger partial charge in [0.15, 0.2) is 5.78 Å². The number of benzene rings is 2. The lowest BCUT2D eigenvalue weighted by Crippen LogP contribution is -1.97. The summed E-state index contributed by atoms with van der Waals surface area (Å²) in [4.78, 5) is 11.2. The zero-order valence-corrected chi connectivity index (χ0v) is 10.5. The van der Waals surface area contributed by atoms with E-state index in [-0.39, 0.29) is 29.5 Å². The van der Waals surface area contributed by atoms with Crippen LogP contribution in [-0.4, -0.2) is 16.0 Å². The third-order valence-corrected chi connectivity index (χ3v) is 2.66. The fraction of sp³-hybridized carbons (Fsp3) is 0.133. The Bertz CT molecular complexity index is 605. The molecule has 0 unspecified atom stereocenters. The van der Waals surface area contributed by atoms with Gasteiger partial charge in [-0.1, -0.05) is 12.1 Å². The van der Waals surface area contributed by atoms with Crippen LogP contribution in [0.1, 0.15) is 22.8 Å². The van der Waals surface area contributed by atoms with Crippen molar-refractivity contribution in [2.45, 2.75) is 13.5 Å². The Morgan fingerprint density at radius 1 is 1.16 bits per heavy atom. The molecule has 4 heteroatoms. The number of phenols is 2. The van der Waals surface area contributed by atoms with Crippen molar-refractivity contribution in [3.63, 3.8) is 0 Å². The molecule has 0 amide bonds. The van der Waals surface area contributed by atoms with Crippen molar-refractivity contribution in [2.75, 3.05) is 0 Å². The molecule has 0 saturated heterocycles. The molecule has 0 aliphatic heterocycles. The maximum absolute atomic E-state index is 11.2. The Morgan fingerprint density at radius 2 is 1.95 bits per heavy atom. The molecule has 19 heavy (non-hydrogen) atoms. The number of hydrogen-bond donors (Lipinski definition) is 2. The lowest BCUT2D eigenvalue weighted by molar-refractivity contribution is 0.101. The first-order valence-electron chi connectivity index (χ1n) is 5.81. The monoisotopic (exact) mass is 258 g/mol. The Hall–Kier alpha value is -2.49. The van der Waals surface area contributed by atoms with Gasteiger partial charge in [-0.15, -0.1) is 0 Å². The summed E-state index contributed by atoms with van der Waals surface area (Å²) >= 11 is 0. The highest BCUT2D eigenvalue weighted by molar-refractivity contribution is 5.96. The normalized spacial score (nSPS) is 10.2. The Kier molecular flexibility index (Phi) is 3.71. The topological polar surface area (TPSA) is 66.8 Å². The fourth-order valence-electron chi connectivity index (χ4n) is 1.71. The van der Waals surface area contributed by atoms with Crippen molar-refractivity contribution in [3.8, 4) is 17.2 Å². The lowest BCUT2D eigenvalue weighted by Gasteiger charge is -2.08. The summed E-state index contributed by atoms with van der Waals surface area (Å²) in [5.74, 6) is 0.347. The maximum Gasteiger partial charge on any atom is 0.163 e. The number of rotatable bonds is 4. The van der Waals surface area contributed by atoms with Gasteiger partial charge in [0.25, 0.3) is 0 Å². The Labute approximate surface area is 110 Å². The zero-order chi connectivity index (χ0) is 13.8. The molecule has 98 valence electrons. The smallest absolute Gasteiger partial charge is 0.163 e. The van der Waals surface area contributed by atoms with Crippen LogP contribution in [0, 0.1) is 0 Å². The number of carbonyl (C=O) groups is 1. The van der Waals surface area contributed by atoms with Crippen LogP contribution in [0.2, 0.25) is 0 Å². The average molecular weight is 258 g/mol. The predicted octanol–water partition coefficient (Wildman–Crippen LogP) is 2.88. The summed E-state index contributed by atoms with van der Waals surface area (Å²) < 4.78 is 5.48. The first kappa shape index (κ1) is 13.0. The summed E-state index contributed by atoms with van der Waals surface area (Å²) in [6.45, 7) is 1.66. The van der Waals surface area contributed by atoms with Crippen LogP contribution < -0.4 is 4.74 Å². The van der Waals surface area contributed by atoms with Crippen molar-refractivity contribution >= 4 is 5.78 Å². The fourth-order valence-corrected chi connectivity index (χ4v) is 1.71. The maximum atomic E-state index is 11.2. The second-order valence-corrected chi connectivity index (χ2v) is 4.19. The van der Waals surface area contributed by atoms with E-state index in [9.17, 15) is 15.0 Å². The van der Waals surface area contributed by atoms with Crippen LogP contribution in [0.15, 0.2) is 42.5 Å². The number of phenolic OH excluding ortho intramolecular Hbond substituents is 2. The Balaban J connectivity index is 2.08. The van der Waals surface area contributed by atoms with Gasteiger partial charge in [0.2, 0.25) is 0 Å². The van der Waals surface area contributed by atoms with Gasteiger partial charge in [0.1, 0.15) is 23.9 Å². The van der Waals surface area contributed by atoms with Crippen LogP contribution in [0.4, 0.5) is 0 Å². The van der Waals surface area contributed by atoms with Gasteiger partial charge in [0.05, 0.1) is 5.56 Å². The second kappa shape index (κ2) is 5.44. The highest BCUT2D eigenvalue weighted by atomic mass is 16.5. The molecule has 0 saturated carbocycles. The molecule has 0 aliphatic rings. The van der Waals surface area contributed by atoms with Crippen molar-refractivity contribution < 1.29 is 19.7 Å². The van der Waals surface area contributed by atoms with E-state index in [2.05, 4.69) is 0 Å². The molecule has 4 nitrogen and oxygen atoms in total. The van der Waals surface area contributed by atoms with Crippen LogP contribution in [0.25, 0.3) is 0 Å². The summed E-state index contributed by atoms with van der Waals surface area (Å²) in [5, 5.41) is 19.0. The molecule has 0 aliphatic carbocycles. The highest BCUT2D eigenvalue weighted by Gasteiger charge is 2.07.